The Labute approximate surface area is 119 Å². The number of carbonyl (C=O) groups excluding carboxylic acids is 1. The number of aryl methyl sites for hydroxylation is 1. The zero-order valence-electron chi connectivity index (χ0n) is 10.8. The first-order valence-corrected chi connectivity index (χ1v) is 7.14. The zero-order valence-corrected chi connectivity index (χ0v) is 12.4. The SMILES string of the molecule is CCS(=O)(=O)Nc1ccc(NC(=O)CN)cc1C.Cl. The molecule has 0 aliphatic carbocycles. The second-order valence-corrected chi connectivity index (χ2v) is 5.80. The highest BCUT2D eigenvalue weighted by molar-refractivity contribution is 7.92. The van der Waals surface area contributed by atoms with Crippen LogP contribution in [0.15, 0.2) is 18.2 Å². The molecule has 19 heavy (non-hydrogen) atoms. The fraction of sp³-hybridized carbons (Fsp3) is 0.364. The summed E-state index contributed by atoms with van der Waals surface area (Å²) in [6.07, 6.45) is 0. The number of carbonyl (C=O) groups is 1. The van der Waals surface area contributed by atoms with Gasteiger partial charge in [-0.2, -0.15) is 0 Å². The molecule has 0 saturated heterocycles. The Kier molecular flexibility index (Phi) is 6.82. The van der Waals surface area contributed by atoms with Crippen molar-refractivity contribution >= 4 is 39.7 Å². The lowest BCUT2D eigenvalue weighted by atomic mass is 10.2. The predicted octanol–water partition coefficient (Wildman–Crippen LogP) is 1.08. The zero-order chi connectivity index (χ0) is 13.8. The third-order valence-electron chi connectivity index (χ3n) is 2.34. The molecule has 0 aromatic heterocycles. The summed E-state index contributed by atoms with van der Waals surface area (Å²) in [6.45, 7) is 3.22. The quantitative estimate of drug-likeness (QED) is 0.757. The maximum atomic E-state index is 11.4. The lowest BCUT2D eigenvalue weighted by Gasteiger charge is -2.11. The Morgan fingerprint density at radius 1 is 1.37 bits per heavy atom. The molecule has 0 aliphatic rings. The first-order valence-electron chi connectivity index (χ1n) is 5.49. The largest absolute Gasteiger partial charge is 0.325 e. The summed E-state index contributed by atoms with van der Waals surface area (Å²) in [5.41, 5.74) is 7.00. The summed E-state index contributed by atoms with van der Waals surface area (Å²) < 4.78 is 25.3. The number of benzene rings is 1. The van der Waals surface area contributed by atoms with E-state index in [0.717, 1.165) is 5.56 Å². The van der Waals surface area contributed by atoms with Gasteiger partial charge in [0.25, 0.3) is 0 Å². The van der Waals surface area contributed by atoms with E-state index in [1.165, 1.54) is 0 Å². The van der Waals surface area contributed by atoms with Crippen LogP contribution in [0.25, 0.3) is 0 Å². The van der Waals surface area contributed by atoms with Gasteiger partial charge < -0.3 is 11.1 Å². The number of amides is 1. The highest BCUT2D eigenvalue weighted by Gasteiger charge is 2.09. The van der Waals surface area contributed by atoms with Gasteiger partial charge in [0.15, 0.2) is 0 Å². The molecule has 0 saturated carbocycles. The molecule has 1 aromatic carbocycles. The van der Waals surface area contributed by atoms with Gasteiger partial charge in [-0.25, -0.2) is 8.42 Å². The molecule has 1 aromatic rings. The van der Waals surface area contributed by atoms with Crippen LogP contribution >= 0.6 is 12.4 Å². The molecule has 1 rings (SSSR count). The van der Waals surface area contributed by atoms with Crippen molar-refractivity contribution in [2.75, 3.05) is 22.3 Å². The fourth-order valence-electron chi connectivity index (χ4n) is 1.31. The second kappa shape index (κ2) is 7.32. The van der Waals surface area contributed by atoms with Crippen LogP contribution in [0, 0.1) is 6.92 Å². The molecule has 8 heteroatoms. The van der Waals surface area contributed by atoms with Crippen molar-refractivity contribution in [3.05, 3.63) is 23.8 Å². The van der Waals surface area contributed by atoms with Gasteiger partial charge in [-0.15, -0.1) is 12.4 Å². The Morgan fingerprint density at radius 3 is 2.47 bits per heavy atom. The van der Waals surface area contributed by atoms with Crippen molar-refractivity contribution in [3.63, 3.8) is 0 Å². The molecule has 0 spiro atoms. The molecule has 6 nitrogen and oxygen atoms in total. The van der Waals surface area contributed by atoms with Gasteiger partial charge in [-0.1, -0.05) is 0 Å². The van der Waals surface area contributed by atoms with Crippen molar-refractivity contribution in [1.29, 1.82) is 0 Å². The van der Waals surface area contributed by atoms with Crippen molar-refractivity contribution in [2.45, 2.75) is 13.8 Å². The predicted molar refractivity (Wildman–Crippen MR) is 79.2 cm³/mol. The monoisotopic (exact) mass is 307 g/mol. The van der Waals surface area contributed by atoms with Crippen molar-refractivity contribution in [1.82, 2.24) is 0 Å². The molecule has 0 unspecified atom stereocenters. The van der Waals surface area contributed by atoms with E-state index in [9.17, 15) is 13.2 Å². The second-order valence-electron chi connectivity index (χ2n) is 3.79. The summed E-state index contributed by atoms with van der Waals surface area (Å²) >= 11 is 0. The van der Waals surface area contributed by atoms with Crippen LogP contribution in [-0.2, 0) is 14.8 Å². The number of nitrogens with two attached hydrogens (primary N) is 1. The van der Waals surface area contributed by atoms with E-state index >= 15 is 0 Å². The highest BCUT2D eigenvalue weighted by atomic mass is 35.5. The van der Waals surface area contributed by atoms with Crippen LogP contribution in [-0.4, -0.2) is 26.6 Å². The maximum Gasteiger partial charge on any atom is 0.238 e. The van der Waals surface area contributed by atoms with Crippen molar-refractivity contribution in [3.8, 4) is 0 Å². The Hall–Kier alpha value is -1.31. The van der Waals surface area contributed by atoms with E-state index in [4.69, 9.17) is 5.73 Å². The molecular formula is C11H18ClN3O3S. The first kappa shape index (κ1) is 17.7. The van der Waals surface area contributed by atoms with Crippen LogP contribution in [0.3, 0.4) is 0 Å². The average Bonchev–Trinajstić information content (AvgIpc) is 2.32. The van der Waals surface area contributed by atoms with Crippen LogP contribution < -0.4 is 15.8 Å². The third kappa shape index (κ3) is 5.46. The van der Waals surface area contributed by atoms with E-state index in [0.29, 0.717) is 11.4 Å². The molecule has 1 amide bonds. The van der Waals surface area contributed by atoms with Gasteiger partial charge in [0.2, 0.25) is 15.9 Å². The maximum absolute atomic E-state index is 11.4. The average molecular weight is 308 g/mol. The highest BCUT2D eigenvalue weighted by Crippen LogP contribution is 2.20. The Morgan fingerprint density at radius 2 is 2.00 bits per heavy atom. The Balaban J connectivity index is 0.00000324. The number of anilines is 2. The Bertz CT molecular complexity index is 546. The lowest BCUT2D eigenvalue weighted by molar-refractivity contribution is -0.114. The van der Waals surface area contributed by atoms with Gasteiger partial charge in [0, 0.05) is 5.69 Å². The number of nitrogens with one attached hydrogen (secondary N) is 2. The third-order valence-corrected chi connectivity index (χ3v) is 3.63. The number of rotatable bonds is 5. The van der Waals surface area contributed by atoms with E-state index in [2.05, 4.69) is 10.0 Å². The van der Waals surface area contributed by atoms with E-state index in [-0.39, 0.29) is 30.6 Å². The molecule has 4 N–H and O–H groups in total. The number of hydrogen-bond donors (Lipinski definition) is 3. The first-order chi connectivity index (χ1) is 8.38. The molecule has 108 valence electrons. The summed E-state index contributed by atoms with van der Waals surface area (Å²) in [6, 6.07) is 4.91. The summed E-state index contributed by atoms with van der Waals surface area (Å²) in [7, 11) is -3.29. The molecule has 0 bridgehead atoms. The summed E-state index contributed by atoms with van der Waals surface area (Å²) in [4.78, 5) is 11.1. The lowest BCUT2D eigenvalue weighted by Crippen LogP contribution is -2.22. The molecule has 0 atom stereocenters. The van der Waals surface area contributed by atoms with Crippen LogP contribution in [0.4, 0.5) is 11.4 Å². The molecule has 0 aliphatic heterocycles. The van der Waals surface area contributed by atoms with Crippen molar-refractivity contribution < 1.29 is 13.2 Å². The summed E-state index contributed by atoms with van der Waals surface area (Å²) in [5.74, 6) is -0.283. The number of halogens is 1. The molecule has 0 fully saturated rings. The van der Waals surface area contributed by atoms with Crippen LogP contribution in [0.5, 0.6) is 0 Å². The van der Waals surface area contributed by atoms with E-state index in [1.807, 2.05) is 0 Å². The fourth-order valence-corrected chi connectivity index (χ4v) is 2.02. The normalized spacial score (nSPS) is 10.5. The summed E-state index contributed by atoms with van der Waals surface area (Å²) in [5, 5.41) is 2.60. The van der Waals surface area contributed by atoms with Gasteiger partial charge >= 0.3 is 0 Å². The minimum atomic E-state index is -3.29. The minimum Gasteiger partial charge on any atom is -0.325 e. The minimum absolute atomic E-state index is 0. The van der Waals surface area contributed by atoms with E-state index < -0.39 is 10.0 Å². The van der Waals surface area contributed by atoms with Crippen molar-refractivity contribution in [2.24, 2.45) is 5.73 Å². The smallest absolute Gasteiger partial charge is 0.238 e. The van der Waals surface area contributed by atoms with Gasteiger partial charge in [0.1, 0.15) is 0 Å². The number of sulfonamides is 1. The molecule has 0 heterocycles. The van der Waals surface area contributed by atoms with Gasteiger partial charge in [-0.3, -0.25) is 9.52 Å². The molecular weight excluding hydrogens is 290 g/mol. The number of hydrogen-bond acceptors (Lipinski definition) is 4. The van der Waals surface area contributed by atoms with Gasteiger partial charge in [0.05, 0.1) is 18.0 Å². The van der Waals surface area contributed by atoms with Gasteiger partial charge in [-0.05, 0) is 37.6 Å². The van der Waals surface area contributed by atoms with E-state index in [1.54, 1.807) is 32.0 Å². The standard InChI is InChI=1S/C11H17N3O3S.ClH/c1-3-18(16,17)14-10-5-4-9(6-8(10)2)13-11(15)7-12;/h4-6,14H,3,7,12H2,1-2H3,(H,13,15);1H. The topological polar surface area (TPSA) is 101 Å². The molecule has 0 radical (unpaired) electrons. The van der Waals surface area contributed by atoms with Crippen LogP contribution in [0.1, 0.15) is 12.5 Å². The van der Waals surface area contributed by atoms with Crippen LogP contribution in [0.2, 0.25) is 0 Å².